The van der Waals surface area contributed by atoms with Gasteiger partial charge in [0.15, 0.2) is 0 Å². The summed E-state index contributed by atoms with van der Waals surface area (Å²) < 4.78 is 31.4. The smallest absolute Gasteiger partial charge is 0.347 e. The van der Waals surface area contributed by atoms with E-state index < -0.39 is 46.9 Å². The fraction of sp³-hybridized carbons (Fsp3) is 0.286. The highest BCUT2D eigenvalue weighted by atomic mass is 16.5. The first kappa shape index (κ1) is 26.6. The molecule has 4 aromatic rings. The molecule has 1 aliphatic carbocycles. The van der Waals surface area contributed by atoms with Gasteiger partial charge in [-0.25, -0.2) is 9.59 Å². The van der Waals surface area contributed by atoms with Crippen LogP contribution in [0.3, 0.4) is 0 Å². The first-order valence-corrected chi connectivity index (χ1v) is 12.0. The quantitative estimate of drug-likeness (QED) is 0.336. The van der Waals surface area contributed by atoms with Crippen LogP contribution in [0, 0.1) is 11.8 Å². The van der Waals surface area contributed by atoms with E-state index in [-0.39, 0.29) is 56.1 Å². The first-order chi connectivity index (χ1) is 19.1. The Morgan fingerprint density at radius 1 is 0.650 bits per heavy atom. The molecule has 4 atom stereocenters. The average Bonchev–Trinajstić information content (AvgIpc) is 2.91. The van der Waals surface area contributed by atoms with Crippen molar-refractivity contribution < 1.29 is 47.6 Å². The van der Waals surface area contributed by atoms with Gasteiger partial charge < -0.3 is 38.0 Å². The van der Waals surface area contributed by atoms with Crippen LogP contribution in [0.4, 0.5) is 0 Å². The molecule has 0 radical (unpaired) electrons. The zero-order chi connectivity index (χ0) is 28.9. The summed E-state index contributed by atoms with van der Waals surface area (Å²) in [5.74, 6) is -6.24. The van der Waals surface area contributed by atoms with Gasteiger partial charge in [-0.3, -0.25) is 9.59 Å². The average molecular weight is 552 g/mol. The lowest BCUT2D eigenvalue weighted by atomic mass is 9.54. The molecular formula is C28H24O12. The Balaban J connectivity index is 1.76. The Kier molecular flexibility index (Phi) is 6.62. The van der Waals surface area contributed by atoms with Gasteiger partial charge in [-0.05, 0) is 35.0 Å². The van der Waals surface area contributed by atoms with Gasteiger partial charge in [-0.15, -0.1) is 0 Å². The van der Waals surface area contributed by atoms with Crippen molar-refractivity contribution in [1.29, 1.82) is 0 Å². The number of phenols is 2. The number of fused-ring (bicyclic) bond motifs is 2. The summed E-state index contributed by atoms with van der Waals surface area (Å²) in [6.45, 7) is 0. The summed E-state index contributed by atoms with van der Waals surface area (Å²) in [5.41, 5.74) is -1.79. The molecule has 0 saturated heterocycles. The molecule has 5 rings (SSSR count). The lowest BCUT2D eigenvalue weighted by molar-refractivity contribution is -0.170. The van der Waals surface area contributed by atoms with Gasteiger partial charge in [-0.2, -0.15) is 0 Å². The number of ether oxygens (including phenoxy) is 4. The number of rotatable bonds is 6. The molecule has 2 aromatic carbocycles. The second-order valence-corrected chi connectivity index (χ2v) is 9.24. The highest BCUT2D eigenvalue weighted by Crippen LogP contribution is 2.59. The van der Waals surface area contributed by atoms with Crippen molar-refractivity contribution in [2.75, 3.05) is 28.4 Å². The maximum atomic E-state index is 13.0. The molecule has 1 fully saturated rings. The van der Waals surface area contributed by atoms with E-state index in [4.69, 9.17) is 27.8 Å². The molecule has 0 bridgehead atoms. The maximum absolute atomic E-state index is 13.0. The maximum Gasteiger partial charge on any atom is 0.347 e. The SMILES string of the molecule is COC(=O)[C@@H]1[C@H](C(=O)OC)[C@H](c2cc3cc(OC)cc(O)c3c(=O)o2)[C@@H]1c1cc2cc(OC)cc(O)c2c(=O)o1. The molecule has 0 spiro atoms. The van der Waals surface area contributed by atoms with E-state index in [1.165, 1.54) is 50.6 Å². The van der Waals surface area contributed by atoms with Crippen LogP contribution in [0.25, 0.3) is 21.5 Å². The van der Waals surface area contributed by atoms with Gasteiger partial charge >= 0.3 is 23.2 Å². The first-order valence-electron chi connectivity index (χ1n) is 12.0. The number of hydrogen-bond donors (Lipinski definition) is 2. The monoisotopic (exact) mass is 552 g/mol. The number of carbonyl (C=O) groups excluding carboxylic acids is 2. The fourth-order valence-corrected chi connectivity index (χ4v) is 5.48. The minimum atomic E-state index is -1.18. The summed E-state index contributed by atoms with van der Waals surface area (Å²) >= 11 is 0. The summed E-state index contributed by atoms with van der Waals surface area (Å²) in [6, 6.07) is 8.38. The largest absolute Gasteiger partial charge is 0.507 e. The Morgan fingerprint density at radius 2 is 1.02 bits per heavy atom. The molecular weight excluding hydrogens is 528 g/mol. The third kappa shape index (κ3) is 4.08. The number of benzene rings is 2. The lowest BCUT2D eigenvalue weighted by Gasteiger charge is -2.47. The van der Waals surface area contributed by atoms with Crippen molar-refractivity contribution in [2.45, 2.75) is 11.8 Å². The van der Waals surface area contributed by atoms with Gasteiger partial charge in [-0.1, -0.05) is 0 Å². The molecule has 2 N–H and O–H groups in total. The lowest BCUT2D eigenvalue weighted by Crippen LogP contribution is -2.52. The van der Waals surface area contributed by atoms with Crippen LogP contribution in [-0.4, -0.2) is 50.6 Å². The van der Waals surface area contributed by atoms with Crippen molar-refractivity contribution in [3.8, 4) is 23.0 Å². The van der Waals surface area contributed by atoms with E-state index in [1.54, 1.807) is 0 Å². The van der Waals surface area contributed by atoms with Crippen LogP contribution in [0.2, 0.25) is 0 Å². The fourth-order valence-electron chi connectivity index (χ4n) is 5.48. The highest BCUT2D eigenvalue weighted by molar-refractivity contribution is 5.91. The zero-order valence-electron chi connectivity index (χ0n) is 21.8. The molecule has 208 valence electrons. The van der Waals surface area contributed by atoms with Gasteiger partial charge in [0.05, 0.1) is 40.3 Å². The molecule has 12 nitrogen and oxygen atoms in total. The van der Waals surface area contributed by atoms with E-state index in [9.17, 15) is 29.4 Å². The zero-order valence-corrected chi connectivity index (χ0v) is 21.8. The molecule has 2 heterocycles. The van der Waals surface area contributed by atoms with Crippen molar-refractivity contribution in [2.24, 2.45) is 11.8 Å². The normalized spacial score (nSPS) is 20.1. The van der Waals surface area contributed by atoms with Crippen molar-refractivity contribution in [3.05, 3.63) is 68.8 Å². The number of aromatic hydroxyl groups is 2. The molecule has 1 aliphatic rings. The number of phenolic OH excluding ortho intramolecular Hbond substituents is 2. The van der Waals surface area contributed by atoms with E-state index in [2.05, 4.69) is 0 Å². The second kappa shape index (κ2) is 9.95. The second-order valence-electron chi connectivity index (χ2n) is 9.24. The number of carbonyl (C=O) groups is 2. The summed E-state index contributed by atoms with van der Waals surface area (Å²) in [5, 5.41) is 21.0. The van der Waals surface area contributed by atoms with Gasteiger partial charge in [0.2, 0.25) is 0 Å². The minimum absolute atomic E-state index is 0.0260. The molecule has 0 unspecified atom stereocenters. The van der Waals surface area contributed by atoms with E-state index in [0.717, 1.165) is 14.2 Å². The summed E-state index contributed by atoms with van der Waals surface area (Å²) in [4.78, 5) is 51.8. The molecule has 0 aliphatic heterocycles. The third-order valence-corrected chi connectivity index (χ3v) is 7.29. The number of hydrogen-bond acceptors (Lipinski definition) is 12. The minimum Gasteiger partial charge on any atom is -0.507 e. The Labute approximate surface area is 225 Å². The van der Waals surface area contributed by atoms with Crippen LogP contribution >= 0.6 is 0 Å². The predicted molar refractivity (Wildman–Crippen MR) is 138 cm³/mol. The molecule has 12 heteroatoms. The van der Waals surface area contributed by atoms with Gasteiger partial charge in [0.1, 0.15) is 45.3 Å². The number of methoxy groups -OCH3 is 4. The van der Waals surface area contributed by atoms with Crippen LogP contribution in [0.15, 0.2) is 54.8 Å². The molecule has 2 aromatic heterocycles. The van der Waals surface area contributed by atoms with Crippen LogP contribution in [0.5, 0.6) is 23.0 Å². The standard InChI is InChI=1S/C28H24O12/c1-35-13-5-11-7-17(39-27(33)19(11)15(29)9-13)21-22(24(26(32)38-4)23(21)25(31)37-3)18-8-12-6-14(36-2)10-16(30)20(12)28(34)40-18/h5-10,21-24,29-30H,1-4H3/t21-,22+,23-,24+. The van der Waals surface area contributed by atoms with E-state index >= 15 is 0 Å². The van der Waals surface area contributed by atoms with Crippen LogP contribution < -0.4 is 20.7 Å². The third-order valence-electron chi connectivity index (χ3n) is 7.29. The van der Waals surface area contributed by atoms with E-state index in [1.807, 2.05) is 0 Å². The number of esters is 2. The van der Waals surface area contributed by atoms with Crippen LogP contribution in [-0.2, 0) is 19.1 Å². The van der Waals surface area contributed by atoms with Gasteiger partial charge in [0, 0.05) is 24.0 Å². The molecule has 1 saturated carbocycles. The highest BCUT2D eigenvalue weighted by Gasteiger charge is 2.62. The van der Waals surface area contributed by atoms with Crippen molar-refractivity contribution >= 4 is 33.5 Å². The van der Waals surface area contributed by atoms with Crippen molar-refractivity contribution in [1.82, 2.24) is 0 Å². The predicted octanol–water partition coefficient (Wildman–Crippen LogP) is 2.79. The van der Waals surface area contributed by atoms with Crippen molar-refractivity contribution in [3.63, 3.8) is 0 Å². The van der Waals surface area contributed by atoms with E-state index in [0.29, 0.717) is 0 Å². The topological polar surface area (TPSA) is 172 Å². The van der Waals surface area contributed by atoms with Gasteiger partial charge in [0.25, 0.3) is 0 Å². The van der Waals surface area contributed by atoms with Crippen LogP contribution in [0.1, 0.15) is 23.4 Å². The molecule has 40 heavy (non-hydrogen) atoms. The Bertz CT molecular complexity index is 1650. The molecule has 0 amide bonds. The Hall–Kier alpha value is -5.00. The Morgan fingerprint density at radius 3 is 1.35 bits per heavy atom. The summed E-state index contributed by atoms with van der Waals surface area (Å²) in [7, 11) is 5.06. The summed E-state index contributed by atoms with van der Waals surface area (Å²) in [6.07, 6.45) is 0.